The highest BCUT2D eigenvalue weighted by atomic mass is 35.5. The van der Waals surface area contributed by atoms with Gasteiger partial charge in [0.2, 0.25) is 0 Å². The standard InChI is InChI=1S/C17H17ClFN3O3S/c1-25-16(24)13-14(18)21-17(26-13)20-10-6-8-22(9-7-10)15(23)11-4-2-3-5-12(11)19/h2-5,10H,6-9H2,1H3,(H,20,21). The molecular formula is C17H17ClFN3O3S. The van der Waals surface area contributed by atoms with Crippen LogP contribution in [0.1, 0.15) is 32.9 Å². The Balaban J connectivity index is 1.58. The quantitative estimate of drug-likeness (QED) is 0.800. The molecule has 6 nitrogen and oxygen atoms in total. The first-order valence-corrected chi connectivity index (χ1v) is 9.24. The number of amides is 1. The fourth-order valence-corrected chi connectivity index (χ4v) is 3.97. The van der Waals surface area contributed by atoms with Gasteiger partial charge in [0.15, 0.2) is 15.2 Å². The Hall–Kier alpha value is -2.19. The topological polar surface area (TPSA) is 71.5 Å². The van der Waals surface area contributed by atoms with Crippen LogP contribution in [0.15, 0.2) is 24.3 Å². The van der Waals surface area contributed by atoms with E-state index in [4.69, 9.17) is 11.6 Å². The van der Waals surface area contributed by atoms with E-state index < -0.39 is 11.8 Å². The van der Waals surface area contributed by atoms with Gasteiger partial charge in [0.05, 0.1) is 12.7 Å². The van der Waals surface area contributed by atoms with Gasteiger partial charge in [-0.25, -0.2) is 14.2 Å². The summed E-state index contributed by atoms with van der Waals surface area (Å²) in [5, 5.41) is 3.88. The summed E-state index contributed by atoms with van der Waals surface area (Å²) in [7, 11) is 1.29. The minimum Gasteiger partial charge on any atom is -0.465 e. The molecule has 0 unspecified atom stereocenters. The van der Waals surface area contributed by atoms with E-state index in [0.717, 1.165) is 11.3 Å². The van der Waals surface area contributed by atoms with Crippen LogP contribution in [0.25, 0.3) is 0 Å². The molecule has 1 aromatic heterocycles. The van der Waals surface area contributed by atoms with Crippen molar-refractivity contribution in [2.45, 2.75) is 18.9 Å². The average molecular weight is 398 g/mol. The number of rotatable bonds is 4. The van der Waals surface area contributed by atoms with Crippen LogP contribution in [0.5, 0.6) is 0 Å². The first kappa shape index (κ1) is 18.6. The molecule has 26 heavy (non-hydrogen) atoms. The van der Waals surface area contributed by atoms with Crippen molar-refractivity contribution in [2.75, 3.05) is 25.5 Å². The maximum atomic E-state index is 13.8. The van der Waals surface area contributed by atoms with Crippen molar-refractivity contribution in [3.05, 3.63) is 45.7 Å². The molecule has 1 amide bonds. The van der Waals surface area contributed by atoms with Gasteiger partial charge in [-0.05, 0) is 25.0 Å². The van der Waals surface area contributed by atoms with E-state index in [1.807, 2.05) is 0 Å². The molecular weight excluding hydrogens is 381 g/mol. The van der Waals surface area contributed by atoms with Crippen LogP contribution in [-0.2, 0) is 4.74 Å². The summed E-state index contributed by atoms with van der Waals surface area (Å²) >= 11 is 7.09. The number of ether oxygens (including phenoxy) is 1. The second-order valence-corrected chi connectivity index (χ2v) is 7.18. The summed E-state index contributed by atoms with van der Waals surface area (Å²) in [6, 6.07) is 6.08. The molecule has 0 aliphatic carbocycles. The molecule has 0 radical (unpaired) electrons. The molecule has 2 heterocycles. The van der Waals surface area contributed by atoms with Gasteiger partial charge in [0.25, 0.3) is 5.91 Å². The highest BCUT2D eigenvalue weighted by molar-refractivity contribution is 7.18. The predicted molar refractivity (Wildman–Crippen MR) is 97.4 cm³/mol. The van der Waals surface area contributed by atoms with Crippen molar-refractivity contribution in [3.63, 3.8) is 0 Å². The fourth-order valence-electron chi connectivity index (χ4n) is 2.79. The Morgan fingerprint density at radius 1 is 1.35 bits per heavy atom. The highest BCUT2D eigenvalue weighted by Crippen LogP contribution is 2.29. The number of anilines is 1. The fraction of sp³-hybridized carbons (Fsp3) is 0.353. The Morgan fingerprint density at radius 3 is 2.69 bits per heavy atom. The number of benzene rings is 1. The summed E-state index contributed by atoms with van der Waals surface area (Å²) in [5.41, 5.74) is 0.0911. The molecule has 3 rings (SSSR count). The van der Waals surface area contributed by atoms with Crippen LogP contribution >= 0.6 is 22.9 Å². The Labute approximate surface area is 158 Å². The van der Waals surface area contributed by atoms with Crippen LogP contribution in [0.3, 0.4) is 0 Å². The van der Waals surface area contributed by atoms with Gasteiger partial charge < -0.3 is 15.0 Å². The number of hydrogen-bond donors (Lipinski definition) is 1. The van der Waals surface area contributed by atoms with Crippen LogP contribution < -0.4 is 5.32 Å². The van der Waals surface area contributed by atoms with Gasteiger partial charge in [-0.1, -0.05) is 35.1 Å². The molecule has 1 aromatic carbocycles. The number of nitrogens with zero attached hydrogens (tertiary/aromatic N) is 2. The molecule has 1 aliphatic rings. The normalized spacial score (nSPS) is 15.0. The number of hydrogen-bond acceptors (Lipinski definition) is 6. The molecule has 0 bridgehead atoms. The number of halogens is 2. The maximum Gasteiger partial charge on any atom is 0.351 e. The zero-order chi connectivity index (χ0) is 18.7. The van der Waals surface area contributed by atoms with Crippen LogP contribution in [0.4, 0.5) is 9.52 Å². The number of methoxy groups -OCH3 is 1. The minimum atomic E-state index is -0.522. The van der Waals surface area contributed by atoms with Crippen molar-refractivity contribution in [3.8, 4) is 0 Å². The zero-order valence-electron chi connectivity index (χ0n) is 14.0. The summed E-state index contributed by atoms with van der Waals surface area (Å²) < 4.78 is 18.4. The van der Waals surface area contributed by atoms with Crippen LogP contribution in [0, 0.1) is 5.82 Å². The number of nitrogens with one attached hydrogen (secondary N) is 1. The number of aromatic nitrogens is 1. The molecule has 138 valence electrons. The van der Waals surface area contributed by atoms with E-state index in [1.54, 1.807) is 17.0 Å². The van der Waals surface area contributed by atoms with Gasteiger partial charge >= 0.3 is 5.97 Å². The molecule has 0 atom stereocenters. The van der Waals surface area contributed by atoms with Gasteiger partial charge in [0, 0.05) is 19.1 Å². The lowest BCUT2D eigenvalue weighted by atomic mass is 10.0. The average Bonchev–Trinajstić information content (AvgIpc) is 3.01. The third-order valence-electron chi connectivity index (χ3n) is 4.17. The molecule has 1 fully saturated rings. The van der Waals surface area contributed by atoms with Crippen LogP contribution in [-0.4, -0.2) is 48.0 Å². The summed E-state index contributed by atoms with van der Waals surface area (Å²) in [4.78, 5) is 30.0. The Bertz CT molecular complexity index is 821. The monoisotopic (exact) mass is 397 g/mol. The third-order valence-corrected chi connectivity index (χ3v) is 5.52. The minimum absolute atomic E-state index is 0.0902. The van der Waals surface area contributed by atoms with Crippen molar-refractivity contribution < 1.29 is 18.7 Å². The van der Waals surface area contributed by atoms with Gasteiger partial charge in [0.1, 0.15) is 5.82 Å². The van der Waals surface area contributed by atoms with E-state index in [-0.39, 0.29) is 27.5 Å². The number of likely N-dealkylation sites (tertiary alicyclic amines) is 1. The number of carbonyl (C=O) groups excluding carboxylic acids is 2. The predicted octanol–water partition coefficient (Wildman–Crippen LogP) is 3.44. The molecule has 1 aliphatic heterocycles. The van der Waals surface area contributed by atoms with Gasteiger partial charge in [-0.2, -0.15) is 0 Å². The van der Waals surface area contributed by atoms with E-state index in [1.165, 1.54) is 19.2 Å². The number of carbonyl (C=O) groups is 2. The number of thiazole rings is 1. The first-order valence-electron chi connectivity index (χ1n) is 8.04. The summed E-state index contributed by atoms with van der Waals surface area (Å²) in [6.45, 7) is 1.02. The molecule has 2 aromatic rings. The van der Waals surface area contributed by atoms with E-state index >= 15 is 0 Å². The lowest BCUT2D eigenvalue weighted by Crippen LogP contribution is -2.42. The smallest absolute Gasteiger partial charge is 0.351 e. The van der Waals surface area contributed by atoms with Crippen molar-refractivity contribution >= 4 is 39.9 Å². The van der Waals surface area contributed by atoms with Crippen molar-refractivity contribution in [2.24, 2.45) is 0 Å². The summed E-state index contributed by atoms with van der Waals surface area (Å²) in [5.74, 6) is -1.33. The highest BCUT2D eigenvalue weighted by Gasteiger charge is 2.26. The van der Waals surface area contributed by atoms with E-state index in [2.05, 4.69) is 15.0 Å². The van der Waals surface area contributed by atoms with E-state index in [0.29, 0.717) is 31.1 Å². The van der Waals surface area contributed by atoms with Crippen molar-refractivity contribution in [1.82, 2.24) is 9.88 Å². The molecule has 0 saturated carbocycles. The number of piperidine rings is 1. The molecule has 1 N–H and O–H groups in total. The molecule has 9 heteroatoms. The second-order valence-electron chi connectivity index (χ2n) is 5.82. The van der Waals surface area contributed by atoms with Gasteiger partial charge in [-0.15, -0.1) is 0 Å². The first-order chi connectivity index (χ1) is 12.5. The van der Waals surface area contributed by atoms with Crippen LogP contribution in [0.2, 0.25) is 5.15 Å². The largest absolute Gasteiger partial charge is 0.465 e. The number of esters is 1. The van der Waals surface area contributed by atoms with Crippen molar-refractivity contribution in [1.29, 1.82) is 0 Å². The third kappa shape index (κ3) is 3.96. The van der Waals surface area contributed by atoms with Gasteiger partial charge in [-0.3, -0.25) is 4.79 Å². The summed E-state index contributed by atoms with van der Waals surface area (Å²) in [6.07, 6.45) is 1.37. The maximum absolute atomic E-state index is 13.8. The Kier molecular flexibility index (Phi) is 5.73. The lowest BCUT2D eigenvalue weighted by molar-refractivity contribution is 0.0605. The molecule has 1 saturated heterocycles. The lowest BCUT2D eigenvalue weighted by Gasteiger charge is -2.32. The second kappa shape index (κ2) is 8.01. The molecule has 0 spiro atoms. The SMILES string of the molecule is COC(=O)c1sc(NC2CCN(C(=O)c3ccccc3F)CC2)nc1Cl. The zero-order valence-corrected chi connectivity index (χ0v) is 15.6. The Morgan fingerprint density at radius 2 is 2.04 bits per heavy atom. The van der Waals surface area contributed by atoms with E-state index in [9.17, 15) is 14.0 Å².